The van der Waals surface area contributed by atoms with E-state index in [9.17, 15) is 13.2 Å². The van der Waals surface area contributed by atoms with Crippen molar-refractivity contribution in [2.75, 3.05) is 5.32 Å². The number of hydrogen-bond donors (Lipinski definition) is 1. The highest BCUT2D eigenvalue weighted by Crippen LogP contribution is 2.37. The van der Waals surface area contributed by atoms with Crippen molar-refractivity contribution in [3.05, 3.63) is 51.2 Å². The number of rotatable bonds is 4. The Bertz CT molecular complexity index is 756. The smallest absolute Gasteiger partial charge is 0.341 e. The van der Waals surface area contributed by atoms with Crippen LogP contribution in [0.5, 0.6) is 0 Å². The van der Waals surface area contributed by atoms with Gasteiger partial charge in [0.15, 0.2) is 5.11 Å². The minimum absolute atomic E-state index is 0.107. The summed E-state index contributed by atoms with van der Waals surface area (Å²) in [5.41, 5.74) is -0.879. The highest BCUT2D eigenvalue weighted by Gasteiger charge is 2.34. The fourth-order valence-corrected chi connectivity index (χ4v) is 4.41. The maximum absolute atomic E-state index is 13.3. The summed E-state index contributed by atoms with van der Waals surface area (Å²) in [5, 5.41) is 5.32. The topological polar surface area (TPSA) is 15.3 Å². The van der Waals surface area contributed by atoms with Crippen LogP contribution in [0.15, 0.2) is 35.7 Å². The number of nitrogens with one attached hydrogen (secondary N) is 1. The molecule has 1 saturated carbocycles. The third-order valence-corrected chi connectivity index (χ3v) is 5.89. The van der Waals surface area contributed by atoms with Crippen molar-refractivity contribution in [1.29, 1.82) is 0 Å². The van der Waals surface area contributed by atoms with E-state index in [1.807, 2.05) is 22.4 Å². The number of hydrogen-bond acceptors (Lipinski definition) is 2. The Kier molecular flexibility index (Phi) is 6.10. The van der Waals surface area contributed by atoms with Crippen molar-refractivity contribution in [2.24, 2.45) is 0 Å². The first-order valence-electron chi connectivity index (χ1n) is 8.31. The van der Waals surface area contributed by atoms with Gasteiger partial charge in [-0.3, -0.25) is 0 Å². The Balaban J connectivity index is 1.84. The van der Waals surface area contributed by atoms with Crippen LogP contribution in [0, 0.1) is 0 Å². The minimum Gasteiger partial charge on any atom is -0.341 e. The van der Waals surface area contributed by atoms with E-state index in [1.165, 1.54) is 12.1 Å². The van der Waals surface area contributed by atoms with Gasteiger partial charge in [-0.2, -0.15) is 13.2 Å². The van der Waals surface area contributed by atoms with Crippen LogP contribution in [0.25, 0.3) is 0 Å². The molecule has 1 fully saturated rings. The molecule has 1 aliphatic carbocycles. The van der Waals surface area contributed by atoms with Gasteiger partial charge in [0.2, 0.25) is 0 Å². The lowest BCUT2D eigenvalue weighted by Crippen LogP contribution is -2.41. The number of alkyl halides is 3. The Hall–Kier alpha value is -1.31. The van der Waals surface area contributed by atoms with Crippen molar-refractivity contribution < 1.29 is 13.2 Å². The molecule has 2 aromatic rings. The average molecular weight is 419 g/mol. The molecule has 1 aromatic heterocycles. The number of thiocarbonyl (C=S) groups is 1. The summed E-state index contributed by atoms with van der Waals surface area (Å²) < 4.78 is 39.9. The first-order valence-corrected chi connectivity index (χ1v) is 9.98. The van der Waals surface area contributed by atoms with Gasteiger partial charge in [0.05, 0.1) is 17.8 Å². The average Bonchev–Trinajstić information content (AvgIpc) is 3.25. The summed E-state index contributed by atoms with van der Waals surface area (Å²) in [6.07, 6.45) is -0.267. The van der Waals surface area contributed by atoms with E-state index < -0.39 is 11.7 Å². The molecule has 2 nitrogen and oxygen atoms in total. The second-order valence-electron chi connectivity index (χ2n) is 6.26. The van der Waals surface area contributed by atoms with Crippen molar-refractivity contribution >= 4 is 46.0 Å². The maximum Gasteiger partial charge on any atom is 0.418 e. The molecule has 1 heterocycles. The van der Waals surface area contributed by atoms with Crippen LogP contribution < -0.4 is 5.32 Å². The molecule has 0 saturated heterocycles. The van der Waals surface area contributed by atoms with Gasteiger partial charge in [-0.05, 0) is 54.7 Å². The summed E-state index contributed by atoms with van der Waals surface area (Å²) in [4.78, 5) is 3.14. The van der Waals surface area contributed by atoms with Crippen molar-refractivity contribution in [3.8, 4) is 0 Å². The Morgan fingerprint density at radius 2 is 2.00 bits per heavy atom. The first kappa shape index (κ1) is 19.5. The van der Waals surface area contributed by atoms with E-state index in [0.29, 0.717) is 11.7 Å². The lowest BCUT2D eigenvalue weighted by molar-refractivity contribution is -0.136. The number of anilines is 1. The van der Waals surface area contributed by atoms with Crippen LogP contribution in [-0.4, -0.2) is 16.1 Å². The van der Waals surface area contributed by atoms with Crippen molar-refractivity contribution in [3.63, 3.8) is 0 Å². The molecule has 0 aliphatic heterocycles. The molecule has 1 aromatic carbocycles. The molecule has 140 valence electrons. The summed E-state index contributed by atoms with van der Waals surface area (Å²) in [6, 6.07) is 7.70. The van der Waals surface area contributed by atoms with E-state index in [0.717, 1.165) is 36.6 Å². The number of halogens is 4. The summed E-state index contributed by atoms with van der Waals surface area (Å²) in [6.45, 7) is 0.593. The van der Waals surface area contributed by atoms with Gasteiger partial charge < -0.3 is 10.2 Å². The number of nitrogens with zero attached hydrogens (tertiary/aromatic N) is 1. The third kappa shape index (κ3) is 4.69. The van der Waals surface area contributed by atoms with Crippen LogP contribution in [0.2, 0.25) is 5.02 Å². The van der Waals surface area contributed by atoms with E-state index in [-0.39, 0.29) is 16.8 Å². The summed E-state index contributed by atoms with van der Waals surface area (Å²) in [7, 11) is 0. The Morgan fingerprint density at radius 3 is 2.62 bits per heavy atom. The van der Waals surface area contributed by atoms with Gasteiger partial charge in [0, 0.05) is 15.9 Å². The van der Waals surface area contributed by atoms with Crippen LogP contribution in [0.4, 0.5) is 18.9 Å². The monoisotopic (exact) mass is 418 g/mol. The van der Waals surface area contributed by atoms with Crippen molar-refractivity contribution in [2.45, 2.75) is 44.4 Å². The number of thiophene rings is 1. The van der Waals surface area contributed by atoms with E-state index in [4.69, 9.17) is 23.8 Å². The van der Waals surface area contributed by atoms with Crippen LogP contribution >= 0.6 is 35.2 Å². The molecule has 1 aliphatic rings. The fourth-order valence-electron chi connectivity index (χ4n) is 3.21. The molecular weight excluding hydrogens is 401 g/mol. The van der Waals surface area contributed by atoms with E-state index >= 15 is 0 Å². The fraction of sp³-hybridized carbons (Fsp3) is 0.389. The molecular formula is C18H18ClF3N2S2. The van der Waals surface area contributed by atoms with E-state index in [1.54, 1.807) is 11.3 Å². The lowest BCUT2D eigenvalue weighted by atomic mass is 10.1. The number of benzene rings is 1. The molecule has 3 rings (SSSR count). The third-order valence-electron chi connectivity index (χ3n) is 4.46. The lowest BCUT2D eigenvalue weighted by Gasteiger charge is -2.32. The van der Waals surface area contributed by atoms with Crippen LogP contribution in [-0.2, 0) is 12.7 Å². The van der Waals surface area contributed by atoms with Gasteiger partial charge in [-0.25, -0.2) is 0 Å². The maximum atomic E-state index is 13.3. The summed E-state index contributed by atoms with van der Waals surface area (Å²) >= 11 is 13.0. The summed E-state index contributed by atoms with van der Waals surface area (Å²) in [5.74, 6) is 0. The van der Waals surface area contributed by atoms with Gasteiger partial charge in [0.25, 0.3) is 0 Å². The molecule has 0 unspecified atom stereocenters. The molecule has 0 bridgehead atoms. The zero-order chi connectivity index (χ0) is 18.7. The highest BCUT2D eigenvalue weighted by molar-refractivity contribution is 7.80. The van der Waals surface area contributed by atoms with Gasteiger partial charge in [-0.1, -0.05) is 30.5 Å². The second-order valence-corrected chi connectivity index (χ2v) is 8.12. The molecule has 0 radical (unpaired) electrons. The molecule has 1 N–H and O–H groups in total. The van der Waals surface area contributed by atoms with Crippen molar-refractivity contribution in [1.82, 2.24) is 4.90 Å². The van der Waals surface area contributed by atoms with E-state index in [2.05, 4.69) is 5.32 Å². The predicted molar refractivity (Wildman–Crippen MR) is 105 cm³/mol. The predicted octanol–water partition coefficient (Wildman–Crippen LogP) is 6.56. The highest BCUT2D eigenvalue weighted by atomic mass is 35.5. The SMILES string of the molecule is FC(F)(F)c1ccc(Cl)cc1NC(=S)N(Cc1cccs1)C1CCCC1. The molecule has 0 atom stereocenters. The standard InChI is InChI=1S/C18H18ClF3N2S2/c19-12-7-8-15(18(20,21)22)16(10-12)23-17(25)24(13-4-1-2-5-13)11-14-6-3-9-26-14/h3,6-10,13H,1-2,4-5,11H2,(H,23,25). The van der Waals surface area contributed by atoms with Gasteiger partial charge in [0.1, 0.15) is 0 Å². The normalized spacial score (nSPS) is 15.2. The zero-order valence-electron chi connectivity index (χ0n) is 13.9. The second kappa shape index (κ2) is 8.15. The van der Waals surface area contributed by atoms with Crippen LogP contribution in [0.3, 0.4) is 0 Å². The molecule has 26 heavy (non-hydrogen) atoms. The molecule has 8 heteroatoms. The molecule has 0 amide bonds. The quantitative estimate of drug-likeness (QED) is 0.566. The van der Waals surface area contributed by atoms with Gasteiger partial charge >= 0.3 is 6.18 Å². The molecule has 0 spiro atoms. The van der Waals surface area contributed by atoms with Crippen LogP contribution in [0.1, 0.15) is 36.1 Å². The Labute approximate surface area is 165 Å². The van der Waals surface area contributed by atoms with Gasteiger partial charge in [-0.15, -0.1) is 11.3 Å². The zero-order valence-corrected chi connectivity index (χ0v) is 16.2. The first-order chi connectivity index (χ1) is 12.3. The minimum atomic E-state index is -4.48. The Morgan fingerprint density at radius 1 is 1.27 bits per heavy atom. The largest absolute Gasteiger partial charge is 0.418 e.